The number of dihydropyridines is 1. The Morgan fingerprint density at radius 2 is 2.45 bits per heavy atom. The molecule has 0 aromatic rings. The Hall–Kier alpha value is -0.880. The lowest BCUT2D eigenvalue weighted by atomic mass is 10.3. The van der Waals surface area contributed by atoms with E-state index in [-0.39, 0.29) is 0 Å². The highest BCUT2D eigenvalue weighted by molar-refractivity contribution is 9.11. The molecule has 1 heterocycles. The first-order chi connectivity index (χ1) is 5.07. The molecule has 6 heteroatoms. The Balaban J connectivity index is 2.97. The summed E-state index contributed by atoms with van der Waals surface area (Å²) in [4.78, 5) is 9.80. The van der Waals surface area contributed by atoms with Crippen molar-refractivity contribution < 1.29 is 4.92 Å². The number of hydrogen-bond acceptors (Lipinski definition) is 4. The van der Waals surface area contributed by atoms with E-state index in [9.17, 15) is 10.1 Å². The van der Waals surface area contributed by atoms with Gasteiger partial charge in [0.2, 0.25) is 0 Å². The molecule has 1 aliphatic rings. The zero-order chi connectivity index (χ0) is 8.48. The Kier molecular flexibility index (Phi) is 1.97. The molecule has 5 nitrogen and oxygen atoms in total. The van der Waals surface area contributed by atoms with Gasteiger partial charge in [-0.15, -0.1) is 0 Å². The van der Waals surface area contributed by atoms with Crippen molar-refractivity contribution in [3.63, 3.8) is 0 Å². The first-order valence-electron chi connectivity index (χ1n) is 2.81. The second kappa shape index (κ2) is 2.63. The highest BCUT2D eigenvalue weighted by atomic mass is 79.9. The van der Waals surface area contributed by atoms with Crippen LogP contribution < -0.4 is 11.1 Å². The van der Waals surface area contributed by atoms with Crippen molar-refractivity contribution in [1.29, 1.82) is 0 Å². The molecule has 0 aromatic heterocycles. The van der Waals surface area contributed by atoms with Crippen LogP contribution in [0, 0.1) is 10.1 Å². The van der Waals surface area contributed by atoms with E-state index in [0.29, 0.717) is 4.48 Å². The maximum Gasteiger partial charge on any atom is 0.383 e. The van der Waals surface area contributed by atoms with Gasteiger partial charge in [-0.3, -0.25) is 10.1 Å². The molecule has 0 aromatic carbocycles. The van der Waals surface area contributed by atoms with E-state index < -0.39 is 10.7 Å². The molecule has 0 bridgehead atoms. The Labute approximate surface area is 71.2 Å². The Morgan fingerprint density at radius 3 is 2.82 bits per heavy atom. The van der Waals surface area contributed by atoms with Gasteiger partial charge >= 0.3 is 5.79 Å². The van der Waals surface area contributed by atoms with E-state index in [1.807, 2.05) is 0 Å². The van der Waals surface area contributed by atoms with Crippen molar-refractivity contribution >= 4 is 15.9 Å². The largest absolute Gasteiger partial charge is 0.383 e. The van der Waals surface area contributed by atoms with Gasteiger partial charge in [0.15, 0.2) is 0 Å². The summed E-state index contributed by atoms with van der Waals surface area (Å²) in [6, 6.07) is 0. The van der Waals surface area contributed by atoms with Crippen molar-refractivity contribution in [2.75, 3.05) is 0 Å². The minimum atomic E-state index is -1.70. The van der Waals surface area contributed by atoms with Crippen molar-refractivity contribution in [3.8, 4) is 0 Å². The van der Waals surface area contributed by atoms with E-state index in [1.165, 1.54) is 12.3 Å². The van der Waals surface area contributed by atoms with Gasteiger partial charge in [0, 0.05) is 6.20 Å². The number of nitrogens with two attached hydrogens (primary N) is 1. The van der Waals surface area contributed by atoms with Crippen LogP contribution in [-0.2, 0) is 0 Å². The minimum absolute atomic E-state index is 0.303. The molecular weight excluding hydrogens is 214 g/mol. The number of allylic oxidation sites excluding steroid dienone is 2. The zero-order valence-electron chi connectivity index (χ0n) is 5.45. The third-order valence-electron chi connectivity index (χ3n) is 1.29. The number of nitro groups is 1. The van der Waals surface area contributed by atoms with E-state index in [0.717, 1.165) is 0 Å². The van der Waals surface area contributed by atoms with Gasteiger partial charge in [0.25, 0.3) is 0 Å². The molecule has 11 heavy (non-hydrogen) atoms. The lowest BCUT2D eigenvalue weighted by Gasteiger charge is -2.21. The van der Waals surface area contributed by atoms with Gasteiger partial charge in [-0.25, -0.2) is 5.73 Å². The molecule has 0 radical (unpaired) electrons. The normalized spacial score (nSPS) is 29.1. The van der Waals surface area contributed by atoms with Crippen LogP contribution in [0.2, 0.25) is 0 Å². The summed E-state index contributed by atoms with van der Waals surface area (Å²) >= 11 is 2.99. The van der Waals surface area contributed by atoms with Crippen LogP contribution >= 0.6 is 15.9 Å². The van der Waals surface area contributed by atoms with Gasteiger partial charge in [-0.1, -0.05) is 0 Å². The molecule has 0 saturated carbocycles. The number of halogens is 1. The quantitative estimate of drug-likeness (QED) is 0.377. The van der Waals surface area contributed by atoms with Crippen LogP contribution in [0.3, 0.4) is 0 Å². The molecule has 3 N–H and O–H groups in total. The van der Waals surface area contributed by atoms with Crippen LogP contribution in [0.15, 0.2) is 22.8 Å². The predicted octanol–water partition coefficient (Wildman–Crippen LogP) is 0.271. The fourth-order valence-electron chi connectivity index (χ4n) is 0.644. The lowest BCUT2D eigenvalue weighted by molar-refractivity contribution is -0.561. The second-order valence-corrected chi connectivity index (χ2v) is 2.90. The molecular formula is C5H6BrN3O2. The van der Waals surface area contributed by atoms with Crippen molar-refractivity contribution in [3.05, 3.63) is 32.9 Å². The van der Waals surface area contributed by atoms with Crippen LogP contribution in [0.1, 0.15) is 0 Å². The van der Waals surface area contributed by atoms with Gasteiger partial charge in [-0.2, -0.15) is 0 Å². The summed E-state index contributed by atoms with van der Waals surface area (Å²) in [5, 5.41) is 12.8. The summed E-state index contributed by atoms with van der Waals surface area (Å²) < 4.78 is 0.303. The average molecular weight is 220 g/mol. The van der Waals surface area contributed by atoms with Crippen LogP contribution in [0.5, 0.6) is 0 Å². The SMILES string of the molecule is NC1([N+](=O)[O-])NC=CC=C1Br. The maximum absolute atomic E-state index is 10.4. The van der Waals surface area contributed by atoms with Crippen LogP contribution in [-0.4, -0.2) is 10.7 Å². The molecule has 1 atom stereocenters. The van der Waals surface area contributed by atoms with E-state index in [1.54, 1.807) is 6.08 Å². The topological polar surface area (TPSA) is 81.2 Å². The third-order valence-corrected chi connectivity index (χ3v) is 2.16. The van der Waals surface area contributed by atoms with Gasteiger partial charge in [-0.05, 0) is 28.1 Å². The number of hydrogen-bond donors (Lipinski definition) is 2. The summed E-state index contributed by atoms with van der Waals surface area (Å²) in [5.41, 5.74) is 5.37. The monoisotopic (exact) mass is 219 g/mol. The number of rotatable bonds is 1. The van der Waals surface area contributed by atoms with Gasteiger partial charge in [0.1, 0.15) is 4.48 Å². The molecule has 1 unspecified atom stereocenters. The molecule has 1 aliphatic heterocycles. The first kappa shape index (κ1) is 8.22. The fraction of sp³-hybridized carbons (Fsp3) is 0.200. The molecule has 0 amide bonds. The van der Waals surface area contributed by atoms with Gasteiger partial charge < -0.3 is 5.32 Å². The lowest BCUT2D eigenvalue weighted by Crippen LogP contribution is -2.58. The van der Waals surface area contributed by atoms with Crippen LogP contribution in [0.25, 0.3) is 0 Å². The smallest absolute Gasteiger partial charge is 0.310 e. The summed E-state index contributed by atoms with van der Waals surface area (Å²) in [7, 11) is 0. The zero-order valence-corrected chi connectivity index (χ0v) is 7.04. The fourth-order valence-corrected chi connectivity index (χ4v) is 1.06. The van der Waals surface area contributed by atoms with E-state index in [4.69, 9.17) is 5.73 Å². The van der Waals surface area contributed by atoms with Gasteiger partial charge in [0.05, 0.1) is 4.92 Å². The molecule has 0 aliphatic carbocycles. The van der Waals surface area contributed by atoms with E-state index >= 15 is 0 Å². The maximum atomic E-state index is 10.4. The molecule has 0 saturated heterocycles. The highest BCUT2D eigenvalue weighted by Gasteiger charge is 2.41. The molecule has 0 spiro atoms. The molecule has 0 fully saturated rings. The predicted molar refractivity (Wildman–Crippen MR) is 43.2 cm³/mol. The first-order valence-corrected chi connectivity index (χ1v) is 3.60. The Morgan fingerprint density at radius 1 is 1.82 bits per heavy atom. The van der Waals surface area contributed by atoms with Crippen LogP contribution in [0.4, 0.5) is 0 Å². The molecule has 1 rings (SSSR count). The second-order valence-electron chi connectivity index (χ2n) is 2.04. The minimum Gasteiger partial charge on any atom is -0.310 e. The average Bonchev–Trinajstić information content (AvgIpc) is 1.95. The third kappa shape index (κ3) is 1.26. The number of nitrogens with one attached hydrogen (secondary N) is 1. The van der Waals surface area contributed by atoms with E-state index in [2.05, 4.69) is 21.2 Å². The highest BCUT2D eigenvalue weighted by Crippen LogP contribution is 2.20. The summed E-state index contributed by atoms with van der Waals surface area (Å²) in [5.74, 6) is -1.70. The number of nitrogens with zero attached hydrogens (tertiary/aromatic N) is 1. The standard InChI is InChI=1S/C5H6BrN3O2/c6-4-2-1-3-8-5(4,7)9(10)11/h1-3,8H,7H2. The summed E-state index contributed by atoms with van der Waals surface area (Å²) in [6.07, 6.45) is 4.57. The summed E-state index contributed by atoms with van der Waals surface area (Å²) in [6.45, 7) is 0. The van der Waals surface area contributed by atoms with Crippen molar-refractivity contribution in [2.45, 2.75) is 5.79 Å². The van der Waals surface area contributed by atoms with Crippen molar-refractivity contribution in [1.82, 2.24) is 5.32 Å². The molecule has 60 valence electrons. The Bertz CT molecular complexity index is 250. The van der Waals surface area contributed by atoms with Crippen molar-refractivity contribution in [2.24, 2.45) is 5.73 Å².